The van der Waals surface area contributed by atoms with Gasteiger partial charge in [0.1, 0.15) is 6.54 Å². The average molecular weight is 522 g/mol. The van der Waals surface area contributed by atoms with Crippen LogP contribution in [0.1, 0.15) is 53.2 Å². The Bertz CT molecular complexity index is 1020. The van der Waals surface area contributed by atoms with Gasteiger partial charge in [0.25, 0.3) is 5.91 Å². The van der Waals surface area contributed by atoms with Crippen LogP contribution >= 0.6 is 22.6 Å². The molecule has 0 saturated heterocycles. The van der Waals surface area contributed by atoms with Crippen molar-refractivity contribution in [3.05, 3.63) is 63.1 Å². The maximum absolute atomic E-state index is 12.2. The van der Waals surface area contributed by atoms with Gasteiger partial charge in [0, 0.05) is 24.8 Å². The Morgan fingerprint density at radius 3 is 2.37 bits per heavy atom. The Hall–Kier alpha value is -2.76. The fourth-order valence-corrected chi connectivity index (χ4v) is 3.08. The first kappa shape index (κ1) is 21.9. The molecule has 0 saturated carbocycles. The van der Waals surface area contributed by atoms with E-state index in [-0.39, 0.29) is 30.3 Å². The Morgan fingerprint density at radius 1 is 1.10 bits per heavy atom. The molecular formula is C20H23IN6O3. The summed E-state index contributed by atoms with van der Waals surface area (Å²) in [5, 5.41) is 13.3. The molecule has 2 heterocycles. The summed E-state index contributed by atoms with van der Waals surface area (Å²) in [6.07, 6.45) is 3.54. The van der Waals surface area contributed by atoms with E-state index in [0.717, 1.165) is 9.13 Å². The third-order valence-electron chi connectivity index (χ3n) is 4.28. The third-order valence-corrected chi connectivity index (χ3v) is 4.83. The molecule has 0 atom stereocenters. The van der Waals surface area contributed by atoms with Crippen LogP contribution in [0, 0.1) is 3.57 Å². The number of benzene rings is 1. The lowest BCUT2D eigenvalue weighted by molar-refractivity contribution is 0.0898. The summed E-state index contributed by atoms with van der Waals surface area (Å²) in [4.78, 5) is 28.4. The van der Waals surface area contributed by atoms with Crippen LogP contribution in [0.2, 0.25) is 0 Å². The quantitative estimate of drug-likeness (QED) is 0.364. The van der Waals surface area contributed by atoms with Crippen LogP contribution in [0.15, 0.2) is 41.2 Å². The molecule has 0 radical (unpaired) electrons. The van der Waals surface area contributed by atoms with Gasteiger partial charge in [-0.15, -0.1) is 0 Å². The molecule has 0 unspecified atom stereocenters. The molecule has 0 aliphatic carbocycles. The number of amides is 2. The molecule has 0 aliphatic rings. The number of halogens is 1. The van der Waals surface area contributed by atoms with Crippen molar-refractivity contribution in [2.24, 2.45) is 0 Å². The Morgan fingerprint density at radius 2 is 1.77 bits per heavy atom. The molecule has 0 spiro atoms. The van der Waals surface area contributed by atoms with E-state index in [1.165, 1.54) is 0 Å². The minimum atomic E-state index is -0.493. The molecule has 2 aromatic heterocycles. The molecular weight excluding hydrogens is 499 g/mol. The Balaban J connectivity index is 1.43. The van der Waals surface area contributed by atoms with Gasteiger partial charge in [-0.1, -0.05) is 38.1 Å². The fourth-order valence-electron chi connectivity index (χ4n) is 2.63. The molecule has 0 fully saturated rings. The molecule has 2 N–H and O–H groups in total. The predicted octanol–water partition coefficient (Wildman–Crippen LogP) is 2.38. The molecule has 0 bridgehead atoms. The van der Waals surface area contributed by atoms with Crippen LogP contribution < -0.4 is 10.6 Å². The SMILES string of the molecule is CC(C)(C)c1ccc(C(=O)NCCNC(=O)c2nc(Cn3cc(I)cn3)no2)cc1. The van der Waals surface area contributed by atoms with Gasteiger partial charge in [0.15, 0.2) is 5.82 Å². The van der Waals surface area contributed by atoms with Crippen LogP contribution in [0.4, 0.5) is 0 Å². The van der Waals surface area contributed by atoms with E-state index in [4.69, 9.17) is 4.52 Å². The molecule has 3 aromatic rings. The summed E-state index contributed by atoms with van der Waals surface area (Å²) in [5.74, 6) is -0.464. The van der Waals surface area contributed by atoms with Crippen LogP contribution in [-0.2, 0) is 12.0 Å². The molecule has 0 aliphatic heterocycles. The molecule has 2 amide bonds. The highest BCUT2D eigenvalue weighted by atomic mass is 127. The highest BCUT2D eigenvalue weighted by Gasteiger charge is 2.16. The smallest absolute Gasteiger partial charge is 0.316 e. The number of carbonyl (C=O) groups excluding carboxylic acids is 2. The van der Waals surface area contributed by atoms with Crippen molar-refractivity contribution in [3.63, 3.8) is 0 Å². The lowest BCUT2D eigenvalue weighted by Crippen LogP contribution is -2.34. The van der Waals surface area contributed by atoms with Crippen molar-refractivity contribution in [2.45, 2.75) is 32.7 Å². The first-order valence-electron chi connectivity index (χ1n) is 9.40. The minimum absolute atomic E-state index is 0.0326. The van der Waals surface area contributed by atoms with Gasteiger partial charge in [0.2, 0.25) is 0 Å². The highest BCUT2D eigenvalue weighted by Crippen LogP contribution is 2.22. The van der Waals surface area contributed by atoms with Crippen molar-refractivity contribution in [1.29, 1.82) is 0 Å². The van der Waals surface area contributed by atoms with E-state index in [1.807, 2.05) is 18.3 Å². The number of carbonyl (C=O) groups is 2. The van der Waals surface area contributed by atoms with Crippen molar-refractivity contribution < 1.29 is 14.1 Å². The number of aromatic nitrogens is 4. The zero-order chi connectivity index (χ0) is 21.7. The maximum Gasteiger partial charge on any atom is 0.316 e. The molecule has 10 heteroatoms. The van der Waals surface area contributed by atoms with Gasteiger partial charge in [-0.25, -0.2) is 0 Å². The summed E-state index contributed by atoms with van der Waals surface area (Å²) >= 11 is 2.15. The monoisotopic (exact) mass is 522 g/mol. The van der Waals surface area contributed by atoms with Gasteiger partial charge in [-0.3, -0.25) is 14.3 Å². The van der Waals surface area contributed by atoms with Crippen LogP contribution in [0.3, 0.4) is 0 Å². The molecule has 9 nitrogen and oxygen atoms in total. The van der Waals surface area contributed by atoms with E-state index >= 15 is 0 Å². The Labute approximate surface area is 187 Å². The van der Waals surface area contributed by atoms with Crippen molar-refractivity contribution >= 4 is 34.4 Å². The zero-order valence-corrected chi connectivity index (χ0v) is 19.1. The lowest BCUT2D eigenvalue weighted by atomic mass is 9.87. The second kappa shape index (κ2) is 9.37. The fraction of sp³-hybridized carbons (Fsp3) is 0.350. The van der Waals surface area contributed by atoms with Gasteiger partial charge >= 0.3 is 11.8 Å². The second-order valence-corrected chi connectivity index (χ2v) is 8.96. The van der Waals surface area contributed by atoms with Crippen molar-refractivity contribution in [1.82, 2.24) is 30.6 Å². The maximum atomic E-state index is 12.2. The van der Waals surface area contributed by atoms with Gasteiger partial charge in [-0.05, 0) is 45.7 Å². The summed E-state index contributed by atoms with van der Waals surface area (Å²) < 4.78 is 7.63. The number of hydrogen-bond donors (Lipinski definition) is 2. The van der Waals surface area contributed by atoms with Gasteiger partial charge < -0.3 is 15.2 Å². The van der Waals surface area contributed by atoms with Crippen LogP contribution in [-0.4, -0.2) is 44.8 Å². The number of nitrogens with zero attached hydrogens (tertiary/aromatic N) is 4. The number of hydrogen-bond acceptors (Lipinski definition) is 6. The minimum Gasteiger partial charge on any atom is -0.350 e. The summed E-state index contributed by atoms with van der Waals surface area (Å²) in [5.41, 5.74) is 1.77. The van der Waals surface area contributed by atoms with Crippen molar-refractivity contribution in [3.8, 4) is 0 Å². The van der Waals surface area contributed by atoms with E-state index in [9.17, 15) is 9.59 Å². The first-order valence-corrected chi connectivity index (χ1v) is 10.5. The average Bonchev–Trinajstić information content (AvgIpc) is 3.33. The van der Waals surface area contributed by atoms with Gasteiger partial charge in [-0.2, -0.15) is 10.1 Å². The molecule has 30 heavy (non-hydrogen) atoms. The highest BCUT2D eigenvalue weighted by molar-refractivity contribution is 14.1. The number of nitrogens with one attached hydrogen (secondary N) is 2. The van der Waals surface area contributed by atoms with Crippen LogP contribution in [0.25, 0.3) is 0 Å². The number of rotatable bonds is 7. The first-order chi connectivity index (χ1) is 14.2. The molecule has 3 rings (SSSR count). The molecule has 158 valence electrons. The second-order valence-electron chi connectivity index (χ2n) is 7.71. The zero-order valence-electron chi connectivity index (χ0n) is 17.0. The normalized spacial score (nSPS) is 11.3. The molecule has 1 aromatic carbocycles. The third kappa shape index (κ3) is 5.88. The predicted molar refractivity (Wildman–Crippen MR) is 118 cm³/mol. The Kier molecular flexibility index (Phi) is 6.85. The summed E-state index contributed by atoms with van der Waals surface area (Å²) in [7, 11) is 0. The van der Waals surface area contributed by atoms with E-state index in [2.05, 4.69) is 69.2 Å². The van der Waals surface area contributed by atoms with E-state index in [0.29, 0.717) is 17.9 Å². The van der Waals surface area contributed by atoms with Crippen molar-refractivity contribution in [2.75, 3.05) is 13.1 Å². The lowest BCUT2D eigenvalue weighted by Gasteiger charge is -2.19. The van der Waals surface area contributed by atoms with Gasteiger partial charge in [0.05, 0.1) is 9.77 Å². The summed E-state index contributed by atoms with van der Waals surface area (Å²) in [6.45, 7) is 7.18. The topological polar surface area (TPSA) is 115 Å². The standard InChI is InChI=1S/C20H23IN6O3/c1-20(2,3)14-6-4-13(5-7-14)17(28)22-8-9-23-18(29)19-25-16(26-30-19)12-27-11-15(21)10-24-27/h4-7,10-11H,8-9,12H2,1-3H3,(H,22,28)(H,23,29). The van der Waals surface area contributed by atoms with E-state index < -0.39 is 5.91 Å². The van der Waals surface area contributed by atoms with E-state index in [1.54, 1.807) is 23.0 Å². The largest absolute Gasteiger partial charge is 0.350 e. The summed E-state index contributed by atoms with van der Waals surface area (Å²) in [6, 6.07) is 7.51. The van der Waals surface area contributed by atoms with Crippen LogP contribution in [0.5, 0.6) is 0 Å².